The van der Waals surface area contributed by atoms with Crippen LogP contribution in [0.25, 0.3) is 11.2 Å². The monoisotopic (exact) mass is 399 g/mol. The molecule has 0 bridgehead atoms. The molecule has 29 heavy (non-hydrogen) atoms. The van der Waals surface area contributed by atoms with Gasteiger partial charge in [-0.2, -0.15) is 0 Å². The van der Waals surface area contributed by atoms with E-state index in [9.17, 15) is 19.2 Å². The highest BCUT2D eigenvalue weighted by Crippen LogP contribution is 2.12. The van der Waals surface area contributed by atoms with E-state index in [-0.39, 0.29) is 42.6 Å². The van der Waals surface area contributed by atoms with E-state index in [1.165, 1.54) is 36.5 Å². The molecular weight excluding hydrogens is 378 g/mol. The van der Waals surface area contributed by atoms with E-state index in [1.807, 2.05) is 0 Å². The van der Waals surface area contributed by atoms with Gasteiger partial charge in [-0.05, 0) is 31.2 Å². The van der Waals surface area contributed by atoms with Gasteiger partial charge in [-0.3, -0.25) is 23.5 Å². The van der Waals surface area contributed by atoms with E-state index in [4.69, 9.17) is 4.74 Å². The van der Waals surface area contributed by atoms with Crippen LogP contribution in [0.5, 0.6) is 5.75 Å². The summed E-state index contributed by atoms with van der Waals surface area (Å²) in [5, 5.41) is 2.71. The fraction of sp³-hybridized carbons (Fsp3) is 0.316. The average molecular weight is 399 g/mol. The van der Waals surface area contributed by atoms with E-state index in [0.717, 1.165) is 4.57 Å². The van der Waals surface area contributed by atoms with Crippen LogP contribution in [-0.4, -0.2) is 43.5 Å². The van der Waals surface area contributed by atoms with Crippen LogP contribution in [0.4, 0.5) is 0 Å². The standard InChI is InChI=1S/C19H21N5O5/c1-12(25)13-4-6-14(7-5-13)29-9-8-20-15(26)10-24-11-21-16-17(24)22(2)19(28)23(3)18(16)27/h4-7,11H,8-10H2,1-3H3,(H,20,26). The van der Waals surface area contributed by atoms with Crippen LogP contribution in [0.2, 0.25) is 0 Å². The number of amides is 1. The topological polar surface area (TPSA) is 117 Å². The quantitative estimate of drug-likeness (QED) is 0.436. The van der Waals surface area contributed by atoms with Gasteiger partial charge in [0.05, 0.1) is 12.9 Å². The highest BCUT2D eigenvalue weighted by molar-refractivity contribution is 5.94. The van der Waals surface area contributed by atoms with Gasteiger partial charge in [-0.15, -0.1) is 0 Å². The summed E-state index contributed by atoms with van der Waals surface area (Å²) in [6.45, 7) is 1.91. The first-order chi connectivity index (χ1) is 13.8. The summed E-state index contributed by atoms with van der Waals surface area (Å²) in [6.07, 6.45) is 1.36. The van der Waals surface area contributed by atoms with E-state index < -0.39 is 11.2 Å². The fourth-order valence-corrected chi connectivity index (χ4v) is 2.91. The average Bonchev–Trinajstić information content (AvgIpc) is 3.12. The van der Waals surface area contributed by atoms with Crippen LogP contribution < -0.4 is 21.3 Å². The molecular formula is C19H21N5O5. The summed E-state index contributed by atoms with van der Waals surface area (Å²) in [7, 11) is 2.90. The Morgan fingerprint density at radius 3 is 2.45 bits per heavy atom. The number of nitrogens with one attached hydrogen (secondary N) is 1. The molecule has 3 aromatic rings. The number of fused-ring (bicyclic) bond motifs is 1. The number of hydrogen-bond acceptors (Lipinski definition) is 6. The molecule has 0 aliphatic carbocycles. The molecule has 0 saturated heterocycles. The molecule has 0 aliphatic heterocycles. The SMILES string of the molecule is CC(=O)c1ccc(OCCNC(=O)Cn2cnc3c(=O)n(C)c(=O)n(C)c32)cc1. The maximum atomic E-state index is 12.2. The minimum Gasteiger partial charge on any atom is -0.492 e. The summed E-state index contributed by atoms with van der Waals surface area (Å²) in [5.41, 5.74) is 0.0116. The van der Waals surface area contributed by atoms with Gasteiger partial charge >= 0.3 is 5.69 Å². The van der Waals surface area contributed by atoms with Gasteiger partial charge in [0.15, 0.2) is 11.3 Å². The summed E-state index contributed by atoms with van der Waals surface area (Å²) in [6, 6.07) is 6.73. The molecule has 10 nitrogen and oxygen atoms in total. The third kappa shape index (κ3) is 4.10. The second kappa shape index (κ2) is 8.13. The van der Waals surface area contributed by atoms with Gasteiger partial charge in [0, 0.05) is 19.7 Å². The van der Waals surface area contributed by atoms with Crippen molar-refractivity contribution in [1.29, 1.82) is 0 Å². The Morgan fingerprint density at radius 1 is 1.10 bits per heavy atom. The van der Waals surface area contributed by atoms with Crippen molar-refractivity contribution in [3.05, 3.63) is 57.0 Å². The first kappa shape index (κ1) is 20.1. The number of carbonyl (C=O) groups is 2. The zero-order chi connectivity index (χ0) is 21.1. The molecule has 1 amide bonds. The number of ketones is 1. The minimum atomic E-state index is -0.508. The van der Waals surface area contributed by atoms with Crippen molar-refractivity contribution >= 4 is 22.9 Å². The minimum absolute atomic E-state index is 0.0220. The zero-order valence-corrected chi connectivity index (χ0v) is 16.3. The number of ether oxygens (including phenoxy) is 1. The molecule has 0 aliphatic rings. The smallest absolute Gasteiger partial charge is 0.332 e. The van der Waals surface area contributed by atoms with Gasteiger partial charge in [0.2, 0.25) is 5.91 Å². The number of imidazole rings is 1. The summed E-state index contributed by atoms with van der Waals surface area (Å²) >= 11 is 0. The number of carbonyl (C=O) groups excluding carboxylic acids is 2. The number of rotatable bonds is 7. The van der Waals surface area contributed by atoms with Crippen LogP contribution in [-0.2, 0) is 25.4 Å². The van der Waals surface area contributed by atoms with Crippen molar-refractivity contribution in [3.8, 4) is 5.75 Å². The first-order valence-corrected chi connectivity index (χ1v) is 8.91. The second-order valence-electron chi connectivity index (χ2n) is 6.53. The lowest BCUT2D eigenvalue weighted by Gasteiger charge is -2.10. The molecule has 0 unspecified atom stereocenters. The van der Waals surface area contributed by atoms with Crippen molar-refractivity contribution in [2.24, 2.45) is 14.1 Å². The number of aromatic nitrogens is 4. The Morgan fingerprint density at radius 2 is 1.79 bits per heavy atom. The van der Waals surface area contributed by atoms with Crippen molar-refractivity contribution < 1.29 is 14.3 Å². The van der Waals surface area contributed by atoms with E-state index >= 15 is 0 Å². The highest BCUT2D eigenvalue weighted by Gasteiger charge is 2.15. The first-order valence-electron chi connectivity index (χ1n) is 8.91. The van der Waals surface area contributed by atoms with Crippen LogP contribution in [0.1, 0.15) is 17.3 Å². The molecule has 0 spiro atoms. The summed E-state index contributed by atoms with van der Waals surface area (Å²) in [5.74, 6) is 0.259. The predicted octanol–water partition coefficient (Wildman–Crippen LogP) is -0.168. The van der Waals surface area contributed by atoms with E-state index in [0.29, 0.717) is 11.3 Å². The van der Waals surface area contributed by atoms with E-state index in [2.05, 4.69) is 10.3 Å². The highest BCUT2D eigenvalue weighted by atomic mass is 16.5. The number of nitrogens with zero attached hydrogens (tertiary/aromatic N) is 4. The van der Waals surface area contributed by atoms with Crippen molar-refractivity contribution in [2.75, 3.05) is 13.2 Å². The Kier molecular flexibility index (Phi) is 5.62. The molecule has 0 fully saturated rings. The molecule has 152 valence electrons. The van der Waals surface area contributed by atoms with Gasteiger partial charge in [-0.25, -0.2) is 9.78 Å². The maximum absolute atomic E-state index is 12.2. The van der Waals surface area contributed by atoms with Gasteiger partial charge in [-0.1, -0.05) is 0 Å². The Bertz CT molecular complexity index is 1190. The molecule has 0 saturated carbocycles. The lowest BCUT2D eigenvalue weighted by Crippen LogP contribution is -2.38. The third-order valence-electron chi connectivity index (χ3n) is 4.48. The van der Waals surface area contributed by atoms with Gasteiger partial charge in [0.1, 0.15) is 24.5 Å². The van der Waals surface area contributed by atoms with Gasteiger partial charge < -0.3 is 14.6 Å². The summed E-state index contributed by atoms with van der Waals surface area (Å²) < 4.78 is 9.23. The Hall–Kier alpha value is -3.69. The van der Waals surface area contributed by atoms with Crippen LogP contribution in [0.3, 0.4) is 0 Å². The molecule has 2 aromatic heterocycles. The van der Waals surface area contributed by atoms with Crippen LogP contribution in [0.15, 0.2) is 40.2 Å². The molecule has 0 atom stereocenters. The Balaban J connectivity index is 1.58. The Labute approximate surface area is 165 Å². The van der Waals surface area contributed by atoms with Crippen LogP contribution in [0, 0.1) is 0 Å². The molecule has 1 aromatic carbocycles. The lowest BCUT2D eigenvalue weighted by molar-refractivity contribution is -0.121. The zero-order valence-electron chi connectivity index (χ0n) is 16.3. The third-order valence-corrected chi connectivity index (χ3v) is 4.48. The van der Waals surface area contributed by atoms with Gasteiger partial charge in [0.25, 0.3) is 5.56 Å². The molecule has 1 N–H and O–H groups in total. The molecule has 2 heterocycles. The molecule has 0 radical (unpaired) electrons. The van der Waals surface area contributed by atoms with E-state index in [1.54, 1.807) is 24.3 Å². The predicted molar refractivity (Wildman–Crippen MR) is 105 cm³/mol. The molecule has 10 heteroatoms. The number of Topliss-reactive ketones (excluding diaryl/α,β-unsaturated/α-hetero) is 1. The molecule has 3 rings (SSSR count). The maximum Gasteiger partial charge on any atom is 0.332 e. The van der Waals surface area contributed by atoms with Crippen molar-refractivity contribution in [2.45, 2.75) is 13.5 Å². The number of benzene rings is 1. The lowest BCUT2D eigenvalue weighted by atomic mass is 10.1. The van der Waals surface area contributed by atoms with Crippen molar-refractivity contribution in [1.82, 2.24) is 24.0 Å². The normalized spacial score (nSPS) is 10.9. The fourth-order valence-electron chi connectivity index (χ4n) is 2.91. The second-order valence-corrected chi connectivity index (χ2v) is 6.53. The summed E-state index contributed by atoms with van der Waals surface area (Å²) in [4.78, 5) is 51.7. The number of hydrogen-bond donors (Lipinski definition) is 1. The largest absolute Gasteiger partial charge is 0.492 e. The number of aryl methyl sites for hydroxylation is 1. The van der Waals surface area contributed by atoms with Crippen molar-refractivity contribution in [3.63, 3.8) is 0 Å². The van der Waals surface area contributed by atoms with Crippen LogP contribution >= 0.6 is 0 Å².